The van der Waals surface area contributed by atoms with Crippen LogP contribution < -0.4 is 5.32 Å². The molecule has 0 unspecified atom stereocenters. The lowest BCUT2D eigenvalue weighted by Gasteiger charge is -2.16. The minimum absolute atomic E-state index is 0.0458. The summed E-state index contributed by atoms with van der Waals surface area (Å²) in [6.45, 7) is 1.38. The van der Waals surface area contributed by atoms with E-state index in [2.05, 4.69) is 20.3 Å². The van der Waals surface area contributed by atoms with Crippen LogP contribution >= 0.6 is 0 Å². The van der Waals surface area contributed by atoms with Crippen LogP contribution in [0.4, 0.5) is 37.8 Å². The van der Waals surface area contributed by atoms with E-state index in [1.54, 1.807) is 4.90 Å². The Bertz CT molecular complexity index is 1530. The second kappa shape index (κ2) is 10.7. The molecule has 1 aliphatic heterocycles. The minimum atomic E-state index is -4.62. The lowest BCUT2D eigenvalue weighted by atomic mass is 10.0. The molecule has 4 aromatic rings. The number of carbonyl (C=O) groups excluding carboxylic acids is 1. The highest BCUT2D eigenvalue weighted by atomic mass is 19.4. The van der Waals surface area contributed by atoms with E-state index in [0.717, 1.165) is 31.0 Å². The zero-order valence-electron chi connectivity index (χ0n) is 21.0. The van der Waals surface area contributed by atoms with Crippen molar-refractivity contribution in [2.24, 2.45) is 0 Å². The SMILES string of the molecule is O=C(CCc1nc(Nc2ccc(C(F)(F)F)cc2)c2ccc(-c3ncccc3C(F)(F)F)cc2n1)N1CCCC1. The Morgan fingerprint density at radius 2 is 1.62 bits per heavy atom. The predicted octanol–water partition coefficient (Wildman–Crippen LogP) is 7.03. The van der Waals surface area contributed by atoms with Gasteiger partial charge in [0.25, 0.3) is 0 Å². The maximum Gasteiger partial charge on any atom is 0.418 e. The van der Waals surface area contributed by atoms with E-state index in [9.17, 15) is 31.1 Å². The maximum absolute atomic E-state index is 13.6. The number of amides is 1. The molecule has 2 aromatic carbocycles. The van der Waals surface area contributed by atoms with Gasteiger partial charge in [0.2, 0.25) is 5.91 Å². The molecule has 0 aliphatic carbocycles. The van der Waals surface area contributed by atoms with Gasteiger partial charge >= 0.3 is 12.4 Å². The fraction of sp³-hybridized carbons (Fsp3) is 0.286. The third-order valence-electron chi connectivity index (χ3n) is 6.63. The third-order valence-corrected chi connectivity index (χ3v) is 6.63. The van der Waals surface area contributed by atoms with E-state index < -0.39 is 23.5 Å². The number of carbonyl (C=O) groups is 1. The lowest BCUT2D eigenvalue weighted by Crippen LogP contribution is -2.27. The van der Waals surface area contributed by atoms with Gasteiger partial charge < -0.3 is 10.2 Å². The van der Waals surface area contributed by atoms with Gasteiger partial charge in [0.05, 0.1) is 22.3 Å². The molecule has 1 aliphatic rings. The summed E-state index contributed by atoms with van der Waals surface area (Å²) in [6.07, 6.45) is -5.65. The molecule has 40 heavy (non-hydrogen) atoms. The Hall–Kier alpha value is -4.22. The number of hydrogen-bond acceptors (Lipinski definition) is 5. The zero-order valence-corrected chi connectivity index (χ0v) is 21.0. The van der Waals surface area contributed by atoms with Crippen molar-refractivity contribution in [3.05, 3.63) is 77.7 Å². The van der Waals surface area contributed by atoms with Crippen molar-refractivity contribution in [3.63, 3.8) is 0 Å². The highest BCUT2D eigenvalue weighted by Crippen LogP contribution is 2.37. The Labute approximate surface area is 225 Å². The molecular weight excluding hydrogens is 536 g/mol. The summed E-state index contributed by atoms with van der Waals surface area (Å²) in [6, 6.07) is 11.0. The molecule has 1 saturated heterocycles. The fourth-order valence-corrected chi connectivity index (χ4v) is 4.62. The molecule has 12 heteroatoms. The molecule has 3 heterocycles. The molecule has 0 radical (unpaired) electrons. The van der Waals surface area contributed by atoms with Crippen LogP contribution in [0.2, 0.25) is 0 Å². The molecule has 1 fully saturated rings. The number of hydrogen-bond donors (Lipinski definition) is 1. The van der Waals surface area contributed by atoms with Crippen molar-refractivity contribution in [2.45, 2.75) is 38.0 Å². The van der Waals surface area contributed by atoms with Gasteiger partial charge in [-0.1, -0.05) is 6.07 Å². The first-order valence-electron chi connectivity index (χ1n) is 12.5. The van der Waals surface area contributed by atoms with Gasteiger partial charge in [-0.3, -0.25) is 9.78 Å². The summed E-state index contributed by atoms with van der Waals surface area (Å²) >= 11 is 0. The van der Waals surface area contributed by atoms with Gasteiger partial charge in [-0.15, -0.1) is 0 Å². The highest BCUT2D eigenvalue weighted by Gasteiger charge is 2.34. The molecule has 2 aromatic heterocycles. The van der Waals surface area contributed by atoms with Crippen molar-refractivity contribution in [3.8, 4) is 11.3 Å². The number of halogens is 6. The van der Waals surface area contributed by atoms with Crippen LogP contribution in [0.25, 0.3) is 22.2 Å². The molecule has 0 bridgehead atoms. The third kappa shape index (κ3) is 6.00. The van der Waals surface area contributed by atoms with E-state index in [1.165, 1.54) is 42.6 Å². The number of anilines is 2. The van der Waals surface area contributed by atoms with Crippen molar-refractivity contribution < 1.29 is 31.1 Å². The Morgan fingerprint density at radius 1 is 0.900 bits per heavy atom. The predicted molar refractivity (Wildman–Crippen MR) is 137 cm³/mol. The molecule has 0 spiro atoms. The first kappa shape index (κ1) is 27.4. The smallest absolute Gasteiger partial charge is 0.343 e. The van der Waals surface area contributed by atoms with Crippen LogP contribution in [0, 0.1) is 0 Å². The molecule has 208 valence electrons. The van der Waals surface area contributed by atoms with E-state index in [1.807, 2.05) is 0 Å². The Balaban J connectivity index is 1.53. The number of likely N-dealkylation sites (tertiary alicyclic amines) is 1. The summed E-state index contributed by atoms with van der Waals surface area (Å²) in [5.74, 6) is 0.469. The summed E-state index contributed by atoms with van der Waals surface area (Å²) < 4.78 is 79.9. The number of fused-ring (bicyclic) bond motifs is 1. The number of nitrogens with one attached hydrogen (secondary N) is 1. The van der Waals surface area contributed by atoms with Gasteiger partial charge in [-0.2, -0.15) is 26.3 Å². The van der Waals surface area contributed by atoms with Crippen LogP contribution in [0.1, 0.15) is 36.2 Å². The van der Waals surface area contributed by atoms with Crippen LogP contribution in [0.15, 0.2) is 60.8 Å². The summed E-state index contributed by atoms with van der Waals surface area (Å²) in [5, 5.41) is 3.43. The molecule has 0 atom stereocenters. The lowest BCUT2D eigenvalue weighted by molar-refractivity contribution is -0.138. The largest absolute Gasteiger partial charge is 0.418 e. The second-order valence-corrected chi connectivity index (χ2v) is 9.41. The number of alkyl halides is 6. The van der Waals surface area contributed by atoms with Crippen molar-refractivity contribution in [1.82, 2.24) is 19.9 Å². The van der Waals surface area contributed by atoms with Gasteiger partial charge in [0.1, 0.15) is 11.6 Å². The first-order valence-corrected chi connectivity index (χ1v) is 12.5. The maximum atomic E-state index is 13.6. The normalized spacial score (nSPS) is 14.1. The van der Waals surface area contributed by atoms with Crippen LogP contribution in [-0.4, -0.2) is 38.8 Å². The number of benzene rings is 2. The molecule has 5 rings (SSSR count). The number of rotatable bonds is 6. The van der Waals surface area contributed by atoms with E-state index in [0.29, 0.717) is 29.7 Å². The van der Waals surface area contributed by atoms with Gasteiger partial charge in [0, 0.05) is 48.8 Å². The average molecular weight is 560 g/mol. The summed E-state index contributed by atoms with van der Waals surface area (Å²) in [5.41, 5.74) is -1.18. The second-order valence-electron chi connectivity index (χ2n) is 9.41. The van der Waals surface area contributed by atoms with Crippen LogP contribution in [0.5, 0.6) is 0 Å². The first-order chi connectivity index (χ1) is 19.0. The Morgan fingerprint density at radius 3 is 2.30 bits per heavy atom. The fourth-order valence-electron chi connectivity index (χ4n) is 4.62. The molecule has 1 N–H and O–H groups in total. The molecule has 1 amide bonds. The summed E-state index contributed by atoms with van der Waals surface area (Å²) in [4.78, 5) is 27.3. The molecule has 6 nitrogen and oxygen atoms in total. The summed E-state index contributed by atoms with van der Waals surface area (Å²) in [7, 11) is 0. The van der Waals surface area contributed by atoms with Crippen molar-refractivity contribution >= 4 is 28.3 Å². The standard InChI is InChI=1S/C28H23F6N5O/c29-27(30,31)18-6-8-19(9-7-18)36-26-20-10-5-17(25-21(28(32,33)34)4-3-13-35-25)16-22(20)37-23(38-26)11-12-24(40)39-14-1-2-15-39/h3-10,13,16H,1-2,11-12,14-15H2,(H,36,37,38). The number of aryl methyl sites for hydroxylation is 1. The number of nitrogens with zero attached hydrogens (tertiary/aromatic N) is 4. The number of aromatic nitrogens is 3. The molecule has 0 saturated carbocycles. The minimum Gasteiger partial charge on any atom is -0.343 e. The van der Waals surface area contributed by atoms with Crippen molar-refractivity contribution in [1.29, 1.82) is 0 Å². The van der Waals surface area contributed by atoms with Gasteiger partial charge in [0.15, 0.2) is 0 Å². The quantitative estimate of drug-likeness (QED) is 0.257. The van der Waals surface area contributed by atoms with E-state index in [-0.39, 0.29) is 41.6 Å². The van der Waals surface area contributed by atoms with Crippen LogP contribution in [0.3, 0.4) is 0 Å². The van der Waals surface area contributed by atoms with Gasteiger partial charge in [-0.05, 0) is 61.4 Å². The monoisotopic (exact) mass is 559 g/mol. The highest BCUT2D eigenvalue weighted by molar-refractivity contribution is 5.93. The topological polar surface area (TPSA) is 71.0 Å². The van der Waals surface area contributed by atoms with Gasteiger partial charge in [-0.25, -0.2) is 9.97 Å². The Kier molecular flexibility index (Phi) is 7.35. The van der Waals surface area contributed by atoms with Crippen LogP contribution in [-0.2, 0) is 23.6 Å². The number of pyridine rings is 1. The van der Waals surface area contributed by atoms with Crippen molar-refractivity contribution in [2.75, 3.05) is 18.4 Å². The van der Waals surface area contributed by atoms with E-state index in [4.69, 9.17) is 0 Å². The average Bonchev–Trinajstić information content (AvgIpc) is 3.46. The van der Waals surface area contributed by atoms with E-state index >= 15 is 0 Å². The molecular formula is C28H23F6N5O. The zero-order chi connectivity index (χ0) is 28.5.